The average molecular weight is 578 g/mol. The second-order valence-corrected chi connectivity index (χ2v) is 11.5. The molecule has 3 rings (SSSR count). The molecule has 7 nitrogen and oxygen atoms in total. The maximum atomic E-state index is 14.5. The van der Waals surface area contributed by atoms with E-state index in [-0.39, 0.29) is 23.2 Å². The first-order valence-electron chi connectivity index (χ1n) is 11.9. The van der Waals surface area contributed by atoms with Gasteiger partial charge in [0.25, 0.3) is 0 Å². The first-order chi connectivity index (χ1) is 17.7. The van der Waals surface area contributed by atoms with Crippen LogP contribution in [0.1, 0.15) is 43.7 Å². The van der Waals surface area contributed by atoms with E-state index in [0.717, 1.165) is 36.6 Å². The van der Waals surface area contributed by atoms with Crippen LogP contribution in [-0.2, 0) is 32.3 Å². The smallest absolute Gasteiger partial charge is 0.352 e. The Labute approximate surface area is 223 Å². The van der Waals surface area contributed by atoms with E-state index in [9.17, 15) is 35.6 Å². The van der Waals surface area contributed by atoms with Crippen LogP contribution in [0.25, 0.3) is 0 Å². The highest BCUT2D eigenvalue weighted by molar-refractivity contribution is 7.92. The van der Waals surface area contributed by atoms with Crippen molar-refractivity contribution in [3.8, 4) is 0 Å². The Morgan fingerprint density at radius 1 is 1.13 bits per heavy atom. The summed E-state index contributed by atoms with van der Waals surface area (Å²) in [5.74, 6) is -2.08. The molecule has 0 aromatic heterocycles. The maximum absolute atomic E-state index is 14.5. The molecule has 0 unspecified atom stereocenters. The fourth-order valence-electron chi connectivity index (χ4n) is 4.26. The van der Waals surface area contributed by atoms with E-state index in [1.807, 2.05) is 0 Å². The predicted molar refractivity (Wildman–Crippen MR) is 135 cm³/mol. The summed E-state index contributed by atoms with van der Waals surface area (Å²) in [5, 5.41) is 2.53. The highest BCUT2D eigenvalue weighted by Gasteiger charge is 2.35. The summed E-state index contributed by atoms with van der Waals surface area (Å²) in [6.45, 7) is 0.0825. The van der Waals surface area contributed by atoms with Gasteiger partial charge < -0.3 is 10.2 Å². The van der Waals surface area contributed by atoms with Crippen LogP contribution in [0, 0.1) is 5.82 Å². The van der Waals surface area contributed by atoms with Crippen molar-refractivity contribution in [1.29, 1.82) is 0 Å². The number of halogens is 5. The Morgan fingerprint density at radius 2 is 1.76 bits per heavy atom. The van der Waals surface area contributed by atoms with Gasteiger partial charge in [0, 0.05) is 18.2 Å². The number of hydrogen-bond acceptors (Lipinski definition) is 4. The third-order valence-corrected chi connectivity index (χ3v) is 7.83. The first kappa shape index (κ1) is 29.7. The summed E-state index contributed by atoms with van der Waals surface area (Å²) in [4.78, 5) is 27.5. The lowest BCUT2D eigenvalue weighted by atomic mass is 10.1. The molecular formula is C25H28ClF4N3O4S. The normalized spacial score (nSPS) is 15.2. The average Bonchev–Trinajstić information content (AvgIpc) is 3.33. The maximum Gasteiger partial charge on any atom is 0.416 e. The van der Waals surface area contributed by atoms with E-state index >= 15 is 0 Å². The first-order valence-corrected chi connectivity index (χ1v) is 14.1. The van der Waals surface area contributed by atoms with Gasteiger partial charge >= 0.3 is 6.18 Å². The number of rotatable bonds is 9. The fourth-order valence-corrected chi connectivity index (χ4v) is 5.38. The van der Waals surface area contributed by atoms with Crippen molar-refractivity contribution in [3.63, 3.8) is 0 Å². The zero-order chi connectivity index (χ0) is 28.3. The van der Waals surface area contributed by atoms with Crippen molar-refractivity contribution in [2.45, 2.75) is 57.4 Å². The molecule has 2 aromatic carbocycles. The van der Waals surface area contributed by atoms with Gasteiger partial charge in [-0.15, -0.1) is 0 Å². The summed E-state index contributed by atoms with van der Waals surface area (Å²) in [6.07, 6.45) is -0.647. The minimum absolute atomic E-state index is 0.0735. The molecule has 0 heterocycles. The molecule has 1 aliphatic rings. The van der Waals surface area contributed by atoms with Crippen LogP contribution >= 0.6 is 11.6 Å². The molecule has 2 amide bonds. The van der Waals surface area contributed by atoms with Gasteiger partial charge in [-0.25, -0.2) is 12.8 Å². The third kappa shape index (κ3) is 7.37. The highest BCUT2D eigenvalue weighted by Crippen LogP contribution is 2.36. The Balaban J connectivity index is 1.97. The van der Waals surface area contributed by atoms with Crippen LogP contribution in [0.5, 0.6) is 0 Å². The Bertz CT molecular complexity index is 1280. The molecule has 1 N–H and O–H groups in total. The quantitative estimate of drug-likeness (QED) is 0.436. The second-order valence-electron chi connectivity index (χ2n) is 9.21. The van der Waals surface area contributed by atoms with E-state index < -0.39 is 57.7 Å². The van der Waals surface area contributed by atoms with Crippen LogP contribution in [-0.4, -0.2) is 50.0 Å². The molecule has 1 saturated carbocycles. The highest BCUT2D eigenvalue weighted by atomic mass is 35.5. The lowest BCUT2D eigenvalue weighted by Gasteiger charge is -2.32. The number of hydrogen-bond donors (Lipinski definition) is 1. The van der Waals surface area contributed by atoms with Gasteiger partial charge in [0.2, 0.25) is 21.8 Å². The monoisotopic (exact) mass is 577 g/mol. The van der Waals surface area contributed by atoms with E-state index in [2.05, 4.69) is 5.32 Å². The van der Waals surface area contributed by atoms with Gasteiger partial charge in [-0.05, 0) is 44.0 Å². The third-order valence-electron chi connectivity index (χ3n) is 6.39. The van der Waals surface area contributed by atoms with E-state index in [1.54, 1.807) is 0 Å². The van der Waals surface area contributed by atoms with Crippen molar-refractivity contribution >= 4 is 39.1 Å². The van der Waals surface area contributed by atoms with Gasteiger partial charge in [0.1, 0.15) is 18.4 Å². The number of alkyl halides is 3. The molecule has 0 bridgehead atoms. The Hall–Kier alpha value is -2.86. The molecule has 38 heavy (non-hydrogen) atoms. The number of benzene rings is 2. The van der Waals surface area contributed by atoms with Crippen LogP contribution in [0.2, 0.25) is 5.02 Å². The standard InChI is InChI=1S/C25H28ClF4N3O4S/c1-16(24(35)31-19-8-4-5-9-19)32(14-17-7-3-6-10-21(17)27)23(34)15-33(38(2,36)37)22-13-18(25(28,29)30)11-12-20(22)26/h3,6-7,10-13,16,19H,4-5,8-9,14-15H2,1-2H3,(H,31,35)/t16-/m1/s1. The van der Waals surface area contributed by atoms with Crippen LogP contribution in [0.15, 0.2) is 42.5 Å². The minimum Gasteiger partial charge on any atom is -0.352 e. The molecule has 13 heteroatoms. The second kappa shape index (κ2) is 11.9. The van der Waals surface area contributed by atoms with Crippen LogP contribution < -0.4 is 9.62 Å². The van der Waals surface area contributed by atoms with Gasteiger partial charge in [0.05, 0.1) is 22.5 Å². The number of anilines is 1. The van der Waals surface area contributed by atoms with E-state index in [4.69, 9.17) is 11.6 Å². The molecule has 2 aromatic rings. The summed E-state index contributed by atoms with van der Waals surface area (Å²) in [5.41, 5.74) is -1.64. The topological polar surface area (TPSA) is 86.8 Å². The predicted octanol–water partition coefficient (Wildman–Crippen LogP) is 4.74. The lowest BCUT2D eigenvalue weighted by Crippen LogP contribution is -2.52. The molecule has 208 valence electrons. The molecule has 0 radical (unpaired) electrons. The SMILES string of the molecule is C[C@H](C(=O)NC1CCCC1)N(Cc1ccccc1F)C(=O)CN(c1cc(C(F)(F)F)ccc1Cl)S(C)(=O)=O. The van der Waals surface area contributed by atoms with E-state index in [1.165, 1.54) is 31.2 Å². The van der Waals surface area contributed by atoms with E-state index in [0.29, 0.717) is 22.7 Å². The number of nitrogens with zero attached hydrogens (tertiary/aromatic N) is 2. The van der Waals surface area contributed by atoms with Gasteiger partial charge in [-0.2, -0.15) is 13.2 Å². The number of carbonyl (C=O) groups is 2. The summed E-state index contributed by atoms with van der Waals surface area (Å²) in [7, 11) is -4.32. The molecule has 1 fully saturated rings. The molecule has 0 aliphatic heterocycles. The van der Waals surface area contributed by atoms with Crippen molar-refractivity contribution in [2.75, 3.05) is 17.1 Å². The van der Waals surface area contributed by atoms with Crippen molar-refractivity contribution in [3.05, 3.63) is 64.4 Å². The number of carbonyl (C=O) groups excluding carboxylic acids is 2. The largest absolute Gasteiger partial charge is 0.416 e. The number of nitrogens with one attached hydrogen (secondary N) is 1. The zero-order valence-electron chi connectivity index (χ0n) is 20.8. The van der Waals surface area contributed by atoms with Gasteiger partial charge in [-0.3, -0.25) is 13.9 Å². The van der Waals surface area contributed by atoms with Crippen molar-refractivity contribution in [1.82, 2.24) is 10.2 Å². The fraction of sp³-hybridized carbons (Fsp3) is 0.440. The number of sulfonamides is 1. The zero-order valence-corrected chi connectivity index (χ0v) is 22.3. The van der Waals surface area contributed by atoms with Gasteiger partial charge in [-0.1, -0.05) is 42.6 Å². The molecule has 1 aliphatic carbocycles. The Morgan fingerprint density at radius 3 is 2.34 bits per heavy atom. The minimum atomic E-state index is -4.80. The summed E-state index contributed by atoms with van der Waals surface area (Å²) in [6, 6.07) is 6.46. The molecule has 0 spiro atoms. The number of amides is 2. The summed E-state index contributed by atoms with van der Waals surface area (Å²) >= 11 is 6.06. The Kier molecular flexibility index (Phi) is 9.30. The van der Waals surface area contributed by atoms with Crippen molar-refractivity contribution < 1.29 is 35.6 Å². The van der Waals surface area contributed by atoms with Crippen LogP contribution in [0.3, 0.4) is 0 Å². The molecule has 0 saturated heterocycles. The van der Waals surface area contributed by atoms with Crippen LogP contribution in [0.4, 0.5) is 23.2 Å². The van der Waals surface area contributed by atoms with Crippen molar-refractivity contribution in [2.24, 2.45) is 0 Å². The molecule has 1 atom stereocenters. The summed E-state index contributed by atoms with van der Waals surface area (Å²) < 4.78 is 80.1. The lowest BCUT2D eigenvalue weighted by molar-refractivity contribution is -0.139. The van der Waals surface area contributed by atoms with Gasteiger partial charge in [0.15, 0.2) is 0 Å². The molecular weight excluding hydrogens is 550 g/mol.